The normalized spacial score (nSPS) is 11.2. The van der Waals surface area contributed by atoms with Crippen molar-refractivity contribution in [2.45, 2.75) is 26.4 Å². The van der Waals surface area contributed by atoms with Crippen molar-refractivity contribution in [1.82, 2.24) is 0 Å². The maximum Gasteiger partial charge on any atom is 0.331 e. The number of carbonyl (C=O) groups excluding carboxylic acids is 1. The zero-order chi connectivity index (χ0) is 19.2. The topological polar surface area (TPSA) is 72.5 Å². The molecule has 0 spiro atoms. The van der Waals surface area contributed by atoms with Gasteiger partial charge >= 0.3 is 5.97 Å². The van der Waals surface area contributed by atoms with Crippen molar-refractivity contribution in [2.24, 2.45) is 0 Å². The van der Waals surface area contributed by atoms with Crippen LogP contribution in [0.25, 0.3) is 6.08 Å². The lowest BCUT2D eigenvalue weighted by Crippen LogP contribution is -2.22. The van der Waals surface area contributed by atoms with Crippen molar-refractivity contribution >= 4 is 12.0 Å². The minimum Gasteiger partial charge on any atom is -0.492 e. The second kappa shape index (κ2) is 8.50. The van der Waals surface area contributed by atoms with E-state index in [0.717, 1.165) is 0 Å². The molecule has 25 heavy (non-hydrogen) atoms. The van der Waals surface area contributed by atoms with Gasteiger partial charge in [-0.3, -0.25) is 0 Å². The summed E-state index contributed by atoms with van der Waals surface area (Å²) < 4.78 is 32.3. The summed E-state index contributed by atoms with van der Waals surface area (Å²) in [5, 5.41) is 0. The van der Waals surface area contributed by atoms with Gasteiger partial charge in [0.05, 0.1) is 41.1 Å². The van der Waals surface area contributed by atoms with Crippen LogP contribution in [0.15, 0.2) is 6.08 Å². The molecule has 0 atom stereocenters. The number of hydrogen-bond acceptors (Lipinski definition) is 7. The van der Waals surface area contributed by atoms with Gasteiger partial charge in [-0.25, -0.2) is 4.79 Å². The molecule has 0 aliphatic heterocycles. The van der Waals surface area contributed by atoms with Crippen LogP contribution in [0.1, 0.15) is 26.3 Å². The summed E-state index contributed by atoms with van der Waals surface area (Å²) in [6.45, 7) is 5.37. The van der Waals surface area contributed by atoms with Crippen LogP contribution in [0.2, 0.25) is 0 Å². The SMILES string of the molecule is COc1c(C=CC(=O)OC(C)(C)C)c(OC)c(OC)c(OC)c1OC. The van der Waals surface area contributed by atoms with E-state index in [2.05, 4.69) is 0 Å². The van der Waals surface area contributed by atoms with E-state index in [1.807, 2.05) is 0 Å². The maximum absolute atomic E-state index is 12.0. The minimum atomic E-state index is -0.592. The summed E-state index contributed by atoms with van der Waals surface area (Å²) in [4.78, 5) is 12.0. The molecule has 0 saturated carbocycles. The molecule has 0 radical (unpaired) electrons. The fourth-order valence-electron chi connectivity index (χ4n) is 2.26. The van der Waals surface area contributed by atoms with Crippen LogP contribution in [0.4, 0.5) is 0 Å². The third kappa shape index (κ3) is 4.71. The van der Waals surface area contributed by atoms with Gasteiger partial charge in [0.25, 0.3) is 0 Å². The van der Waals surface area contributed by atoms with Gasteiger partial charge in [-0.1, -0.05) is 0 Å². The minimum absolute atomic E-state index is 0.325. The number of carbonyl (C=O) groups is 1. The van der Waals surface area contributed by atoms with E-state index in [1.165, 1.54) is 47.7 Å². The lowest BCUT2D eigenvalue weighted by molar-refractivity contribution is -0.148. The highest BCUT2D eigenvalue weighted by Crippen LogP contribution is 2.53. The van der Waals surface area contributed by atoms with Gasteiger partial charge in [-0.05, 0) is 26.8 Å². The number of esters is 1. The second-order valence-electron chi connectivity index (χ2n) is 5.95. The van der Waals surface area contributed by atoms with Crippen molar-refractivity contribution in [3.05, 3.63) is 11.6 Å². The Labute approximate surface area is 148 Å². The number of methoxy groups -OCH3 is 5. The Morgan fingerprint density at radius 2 is 1.08 bits per heavy atom. The molecule has 0 unspecified atom stereocenters. The van der Waals surface area contributed by atoms with Crippen LogP contribution in [0, 0.1) is 0 Å². The van der Waals surface area contributed by atoms with Gasteiger partial charge < -0.3 is 28.4 Å². The zero-order valence-electron chi connectivity index (χ0n) is 16.0. The van der Waals surface area contributed by atoms with Gasteiger partial charge in [0, 0.05) is 6.08 Å². The van der Waals surface area contributed by atoms with Crippen LogP contribution in [-0.4, -0.2) is 47.1 Å². The lowest BCUT2D eigenvalue weighted by Gasteiger charge is -2.21. The molecule has 0 aromatic heterocycles. The molecule has 7 nitrogen and oxygen atoms in total. The molecule has 1 rings (SSSR count). The smallest absolute Gasteiger partial charge is 0.331 e. The van der Waals surface area contributed by atoms with E-state index in [-0.39, 0.29) is 0 Å². The van der Waals surface area contributed by atoms with Crippen molar-refractivity contribution in [3.8, 4) is 28.7 Å². The Balaban J connectivity index is 3.54. The fourth-order valence-corrected chi connectivity index (χ4v) is 2.26. The molecule has 0 aliphatic carbocycles. The van der Waals surface area contributed by atoms with E-state index in [4.69, 9.17) is 28.4 Å². The summed E-state index contributed by atoms with van der Waals surface area (Å²) in [6.07, 6.45) is 2.81. The zero-order valence-corrected chi connectivity index (χ0v) is 16.0. The molecule has 7 heteroatoms. The van der Waals surface area contributed by atoms with E-state index in [1.54, 1.807) is 20.8 Å². The van der Waals surface area contributed by atoms with Crippen molar-refractivity contribution in [3.63, 3.8) is 0 Å². The van der Waals surface area contributed by atoms with E-state index in [0.29, 0.717) is 34.3 Å². The molecular weight excluding hydrogens is 328 g/mol. The highest BCUT2D eigenvalue weighted by atomic mass is 16.6. The molecule has 0 amide bonds. The van der Waals surface area contributed by atoms with Gasteiger partial charge in [-0.2, -0.15) is 0 Å². The summed E-state index contributed by atoms with van der Waals surface area (Å²) in [5.74, 6) is 1.17. The number of ether oxygens (including phenoxy) is 6. The van der Waals surface area contributed by atoms with E-state index in [9.17, 15) is 4.79 Å². The Bertz CT molecular complexity index is 609. The molecule has 0 heterocycles. The molecule has 140 valence electrons. The molecule has 1 aromatic carbocycles. The van der Waals surface area contributed by atoms with E-state index < -0.39 is 11.6 Å². The van der Waals surface area contributed by atoms with Gasteiger partial charge in [0.15, 0.2) is 11.5 Å². The Kier molecular flexibility index (Phi) is 6.97. The molecule has 0 N–H and O–H groups in total. The monoisotopic (exact) mass is 354 g/mol. The van der Waals surface area contributed by atoms with Gasteiger partial charge in [0.2, 0.25) is 17.2 Å². The first-order valence-corrected chi connectivity index (χ1v) is 7.58. The Morgan fingerprint density at radius 1 is 0.720 bits per heavy atom. The summed E-state index contributed by atoms with van der Waals surface area (Å²) >= 11 is 0. The van der Waals surface area contributed by atoms with Crippen LogP contribution < -0.4 is 23.7 Å². The number of hydrogen-bond donors (Lipinski definition) is 0. The second-order valence-corrected chi connectivity index (χ2v) is 5.95. The Hall–Kier alpha value is -2.57. The van der Waals surface area contributed by atoms with Crippen LogP contribution in [-0.2, 0) is 9.53 Å². The summed E-state index contributed by atoms with van der Waals surface area (Å²) in [6, 6.07) is 0. The predicted octanol–water partition coefficient (Wildman–Crippen LogP) is 3.08. The average Bonchev–Trinajstić information content (AvgIpc) is 2.55. The third-order valence-electron chi connectivity index (χ3n) is 3.13. The summed E-state index contributed by atoms with van der Waals surface area (Å²) in [7, 11) is 7.40. The molecule has 0 saturated heterocycles. The third-order valence-corrected chi connectivity index (χ3v) is 3.13. The highest BCUT2D eigenvalue weighted by Gasteiger charge is 2.27. The van der Waals surface area contributed by atoms with Gasteiger partial charge in [0.1, 0.15) is 5.60 Å². The lowest BCUT2D eigenvalue weighted by atomic mass is 10.1. The van der Waals surface area contributed by atoms with Crippen molar-refractivity contribution < 1.29 is 33.2 Å². The maximum atomic E-state index is 12.0. The molecule has 0 aliphatic rings. The van der Waals surface area contributed by atoms with Crippen molar-refractivity contribution in [2.75, 3.05) is 35.5 Å². The molecule has 1 aromatic rings. The first-order chi connectivity index (χ1) is 11.7. The van der Waals surface area contributed by atoms with Crippen LogP contribution >= 0.6 is 0 Å². The average molecular weight is 354 g/mol. The predicted molar refractivity (Wildman–Crippen MR) is 94.1 cm³/mol. The Morgan fingerprint density at radius 3 is 1.40 bits per heavy atom. The number of benzene rings is 1. The van der Waals surface area contributed by atoms with Crippen LogP contribution in [0.3, 0.4) is 0 Å². The van der Waals surface area contributed by atoms with E-state index >= 15 is 0 Å². The quantitative estimate of drug-likeness (QED) is 0.550. The summed E-state index contributed by atoms with van der Waals surface area (Å²) in [5.41, 5.74) is -0.129. The molecule has 0 fully saturated rings. The van der Waals surface area contributed by atoms with Crippen LogP contribution in [0.5, 0.6) is 28.7 Å². The molecule has 0 bridgehead atoms. The first-order valence-electron chi connectivity index (χ1n) is 7.58. The number of rotatable bonds is 7. The van der Waals surface area contributed by atoms with Crippen molar-refractivity contribution in [1.29, 1.82) is 0 Å². The fraction of sp³-hybridized carbons (Fsp3) is 0.500. The first kappa shape index (κ1) is 20.5. The van der Waals surface area contributed by atoms with Gasteiger partial charge in [-0.15, -0.1) is 0 Å². The highest BCUT2D eigenvalue weighted by molar-refractivity contribution is 5.90. The standard InChI is InChI=1S/C18H26O7/c1-18(2,3)25-12(19)10-9-11-13(20-4)15(22-6)17(24-8)16(23-7)14(11)21-5/h9-10H,1-8H3. The molecular formula is C18H26O7. The largest absolute Gasteiger partial charge is 0.492 e.